The minimum absolute atomic E-state index is 0. The van der Waals surface area contributed by atoms with E-state index in [0.29, 0.717) is 25.3 Å². The minimum atomic E-state index is -0.521. The van der Waals surface area contributed by atoms with Gasteiger partial charge in [-0.1, -0.05) is 72.6 Å². The van der Waals surface area contributed by atoms with Crippen LogP contribution in [0.2, 0.25) is 0 Å². The first-order chi connectivity index (χ1) is 24.1. The SMILES string of the molecule is C.C#C.C#C.CCC/C=C/CO[C@@H]1C[C@H](NCCCNC(=O)[C@H](C)N(C=O)CCC)c2cc(OC)ccc21.CCCC.Cc1cc(F)cc(F)c1. The van der Waals surface area contributed by atoms with E-state index in [1.165, 1.54) is 41.0 Å². The second-order valence-electron chi connectivity index (χ2n) is 11.4. The molecule has 1 aliphatic carbocycles. The number of carbonyl (C=O) groups excluding carboxylic acids is 2. The number of ether oxygens (including phenoxy) is 2. The van der Waals surface area contributed by atoms with E-state index < -0.39 is 17.7 Å². The van der Waals surface area contributed by atoms with Gasteiger partial charge in [0.1, 0.15) is 23.4 Å². The van der Waals surface area contributed by atoms with Gasteiger partial charge in [0.05, 0.1) is 19.8 Å². The van der Waals surface area contributed by atoms with Gasteiger partial charge in [0.25, 0.3) is 0 Å². The maximum Gasteiger partial charge on any atom is 0.242 e. The van der Waals surface area contributed by atoms with Gasteiger partial charge in [0.2, 0.25) is 12.3 Å². The van der Waals surface area contributed by atoms with Crippen LogP contribution >= 0.6 is 0 Å². The first-order valence-corrected chi connectivity index (χ1v) is 17.4. The van der Waals surface area contributed by atoms with Gasteiger partial charge in [-0.2, -0.15) is 0 Å². The van der Waals surface area contributed by atoms with Gasteiger partial charge in [-0.05, 0) is 87.0 Å². The van der Waals surface area contributed by atoms with Gasteiger partial charge in [-0.3, -0.25) is 9.59 Å². The topological polar surface area (TPSA) is 79.9 Å². The highest BCUT2D eigenvalue weighted by molar-refractivity contribution is 5.83. The first kappa shape index (κ1) is 51.2. The summed E-state index contributed by atoms with van der Waals surface area (Å²) < 4.78 is 36.0. The third kappa shape index (κ3) is 21.6. The molecule has 2 amide bonds. The van der Waals surface area contributed by atoms with Crippen LogP contribution in [0.1, 0.15) is 116 Å². The number of amides is 2. The molecular weight excluding hydrogens is 648 g/mol. The zero-order chi connectivity index (χ0) is 38.3. The summed E-state index contributed by atoms with van der Waals surface area (Å²) in [4.78, 5) is 25.0. The zero-order valence-corrected chi connectivity index (χ0v) is 31.4. The lowest BCUT2D eigenvalue weighted by molar-refractivity contribution is -0.132. The lowest BCUT2D eigenvalue weighted by atomic mass is 10.1. The largest absolute Gasteiger partial charge is 0.497 e. The van der Waals surface area contributed by atoms with E-state index in [1.54, 1.807) is 21.0 Å². The molecule has 0 aliphatic heterocycles. The maximum absolute atomic E-state index is 12.3. The third-order valence-corrected chi connectivity index (χ3v) is 7.53. The molecule has 3 atom stereocenters. The molecular formula is C42H65F2N3O4. The summed E-state index contributed by atoms with van der Waals surface area (Å²) in [6.45, 7) is 14.5. The number of allylic oxidation sites excluding steroid dienone is 1. The molecule has 9 heteroatoms. The lowest BCUT2D eigenvalue weighted by Gasteiger charge is -2.23. The summed E-state index contributed by atoms with van der Waals surface area (Å²) in [6, 6.07) is 9.33. The summed E-state index contributed by atoms with van der Waals surface area (Å²) in [5, 5.41) is 6.56. The van der Waals surface area contributed by atoms with Crippen molar-refractivity contribution < 1.29 is 27.8 Å². The average Bonchev–Trinajstić information content (AvgIpc) is 3.47. The van der Waals surface area contributed by atoms with Crippen LogP contribution in [0.15, 0.2) is 48.6 Å². The number of nitrogens with zero attached hydrogens (tertiary/aromatic N) is 1. The predicted molar refractivity (Wildman–Crippen MR) is 209 cm³/mol. The Labute approximate surface area is 309 Å². The molecule has 0 aromatic heterocycles. The number of nitrogens with one attached hydrogen (secondary N) is 2. The van der Waals surface area contributed by atoms with E-state index in [1.807, 2.05) is 13.0 Å². The fraction of sp³-hybridized carbons (Fsp3) is 0.524. The van der Waals surface area contributed by atoms with Crippen LogP contribution in [0.5, 0.6) is 5.75 Å². The Morgan fingerprint density at radius 2 is 1.57 bits per heavy atom. The van der Waals surface area contributed by atoms with E-state index >= 15 is 0 Å². The number of unbranched alkanes of at least 4 members (excludes halogenated alkanes) is 2. The van der Waals surface area contributed by atoms with Crippen molar-refractivity contribution in [1.82, 2.24) is 15.5 Å². The van der Waals surface area contributed by atoms with Crippen LogP contribution in [0.4, 0.5) is 8.78 Å². The normalized spacial score (nSPS) is 14.1. The van der Waals surface area contributed by atoms with E-state index in [9.17, 15) is 18.4 Å². The van der Waals surface area contributed by atoms with Gasteiger partial charge in [-0.15, -0.1) is 25.7 Å². The second-order valence-corrected chi connectivity index (χ2v) is 11.4. The average molecular weight is 714 g/mol. The number of benzene rings is 2. The highest BCUT2D eigenvalue weighted by Gasteiger charge is 2.31. The molecule has 2 N–H and O–H groups in total. The molecule has 0 saturated heterocycles. The summed E-state index contributed by atoms with van der Waals surface area (Å²) in [5.74, 6) is -0.312. The van der Waals surface area contributed by atoms with Gasteiger partial charge >= 0.3 is 0 Å². The molecule has 0 radical (unpaired) electrons. The maximum atomic E-state index is 12.3. The monoisotopic (exact) mass is 713 g/mol. The van der Waals surface area contributed by atoms with Gasteiger partial charge in [0, 0.05) is 25.2 Å². The standard InChI is InChI=1S/C26H41N3O4.C7H6F2.C4H10.2C2H2.CH4/c1-5-7-8-9-16-33-25-18-24(23-17-21(32-4)11-12-22(23)25)27-13-10-14-28-26(31)20(3)29(19-30)15-6-2;1-5-2-6(8)4-7(9)3-5;1-3-4-2;2*1-2;/h8-9,11-12,17,19-20,24-25,27H,5-7,10,13-16,18H2,1-4H3,(H,28,31);2-4H,1H3;3-4H2,1-2H3;2*1-2H;1H4/b9-8+;;;;;/t20-,24-,25+;;;;;/m0...../s1. The Kier molecular flexibility index (Phi) is 33.1. The molecule has 0 spiro atoms. The van der Waals surface area contributed by atoms with Gasteiger partial charge < -0.3 is 25.0 Å². The van der Waals surface area contributed by atoms with Crippen molar-refractivity contribution in [2.24, 2.45) is 0 Å². The molecule has 2 aromatic carbocycles. The zero-order valence-electron chi connectivity index (χ0n) is 31.4. The molecule has 2 aromatic rings. The number of hydrogen-bond donors (Lipinski definition) is 2. The highest BCUT2D eigenvalue weighted by Crippen LogP contribution is 2.42. The Morgan fingerprint density at radius 3 is 2.08 bits per heavy atom. The second kappa shape index (κ2) is 33.0. The third-order valence-electron chi connectivity index (χ3n) is 7.53. The molecule has 0 unspecified atom stereocenters. The van der Waals surface area contributed by atoms with Crippen molar-refractivity contribution in [2.45, 2.75) is 112 Å². The molecule has 7 nitrogen and oxygen atoms in total. The van der Waals surface area contributed by atoms with Gasteiger partial charge in [0.15, 0.2) is 0 Å². The molecule has 0 fully saturated rings. The number of aryl methyl sites for hydroxylation is 1. The Hall–Kier alpha value is -4.18. The van der Waals surface area contributed by atoms with Crippen molar-refractivity contribution in [2.75, 3.05) is 33.4 Å². The highest BCUT2D eigenvalue weighted by atomic mass is 19.1. The Bertz CT molecular complexity index is 1210. The van der Waals surface area contributed by atoms with Crippen molar-refractivity contribution in [3.63, 3.8) is 0 Å². The molecule has 0 heterocycles. The Balaban J connectivity index is -0.00000106. The minimum Gasteiger partial charge on any atom is -0.497 e. The van der Waals surface area contributed by atoms with Gasteiger partial charge in [-0.25, -0.2) is 8.78 Å². The number of fused-ring (bicyclic) bond motifs is 1. The Morgan fingerprint density at radius 1 is 0.941 bits per heavy atom. The fourth-order valence-corrected chi connectivity index (χ4v) is 4.78. The van der Waals surface area contributed by atoms with Crippen molar-refractivity contribution in [1.29, 1.82) is 0 Å². The number of halogens is 2. The summed E-state index contributed by atoms with van der Waals surface area (Å²) in [7, 11) is 1.68. The molecule has 0 bridgehead atoms. The van der Waals surface area contributed by atoms with Crippen molar-refractivity contribution in [3.8, 4) is 31.4 Å². The molecule has 51 heavy (non-hydrogen) atoms. The van der Waals surface area contributed by atoms with Crippen LogP contribution in [0.3, 0.4) is 0 Å². The molecule has 286 valence electrons. The van der Waals surface area contributed by atoms with Crippen LogP contribution in [0.25, 0.3) is 0 Å². The molecule has 1 aliphatic rings. The number of hydrogen-bond acceptors (Lipinski definition) is 5. The lowest BCUT2D eigenvalue weighted by Crippen LogP contribution is -2.45. The fourth-order valence-electron chi connectivity index (χ4n) is 4.78. The van der Waals surface area contributed by atoms with E-state index in [-0.39, 0.29) is 25.5 Å². The summed E-state index contributed by atoms with van der Waals surface area (Å²) in [5.41, 5.74) is 3.03. The number of rotatable bonds is 17. The number of terminal acetylenes is 2. The molecule has 3 rings (SSSR count). The van der Waals surface area contributed by atoms with E-state index in [0.717, 1.165) is 56.9 Å². The van der Waals surface area contributed by atoms with E-state index in [2.05, 4.69) is 81.4 Å². The number of methoxy groups -OCH3 is 1. The van der Waals surface area contributed by atoms with E-state index in [4.69, 9.17) is 9.47 Å². The van der Waals surface area contributed by atoms with Crippen LogP contribution in [0, 0.1) is 44.3 Å². The van der Waals surface area contributed by atoms with Crippen LogP contribution in [-0.2, 0) is 14.3 Å². The van der Waals surface area contributed by atoms with Crippen LogP contribution in [-0.4, -0.2) is 56.6 Å². The quantitative estimate of drug-likeness (QED) is 0.0740. The number of carbonyl (C=O) groups is 2. The summed E-state index contributed by atoms with van der Waals surface area (Å²) >= 11 is 0. The van der Waals surface area contributed by atoms with Crippen molar-refractivity contribution >= 4 is 12.3 Å². The smallest absolute Gasteiger partial charge is 0.242 e. The van der Waals surface area contributed by atoms with Crippen molar-refractivity contribution in [3.05, 3.63) is 76.9 Å². The predicted octanol–water partition coefficient (Wildman–Crippen LogP) is 9.12. The first-order valence-electron chi connectivity index (χ1n) is 17.4. The van der Waals surface area contributed by atoms with Crippen LogP contribution < -0.4 is 15.4 Å². The summed E-state index contributed by atoms with van der Waals surface area (Å²) in [6.07, 6.45) is 28.4. The molecule has 0 saturated carbocycles.